The zero-order chi connectivity index (χ0) is 22.7. The summed E-state index contributed by atoms with van der Waals surface area (Å²) in [5.41, 5.74) is -0.124. The topological polar surface area (TPSA) is 131 Å². The van der Waals surface area contributed by atoms with Gasteiger partial charge in [0.2, 0.25) is 0 Å². The van der Waals surface area contributed by atoms with E-state index in [1.165, 1.54) is 24.1 Å². The predicted molar refractivity (Wildman–Crippen MR) is 111 cm³/mol. The molecule has 1 aliphatic heterocycles. The first-order valence-corrected chi connectivity index (χ1v) is 11.3. The molecule has 0 aliphatic carbocycles. The second-order valence-electron chi connectivity index (χ2n) is 7.98. The number of rotatable bonds is 5. The number of likely N-dealkylation sites (N-methyl/N-ethyl adjacent to an activating group) is 1. The average molecular weight is 442 g/mol. The molecule has 166 valence electrons. The third-order valence-electron chi connectivity index (χ3n) is 4.07. The summed E-state index contributed by atoms with van der Waals surface area (Å²) >= 11 is 0. The minimum absolute atomic E-state index is 0.0259. The van der Waals surface area contributed by atoms with Gasteiger partial charge >= 0.3 is 6.09 Å². The summed E-state index contributed by atoms with van der Waals surface area (Å²) < 4.78 is 33.2. The first kappa shape index (κ1) is 23.5. The number of benzene rings is 1. The smallest absolute Gasteiger partial charge is 0.408 e. The van der Waals surface area contributed by atoms with E-state index in [9.17, 15) is 22.8 Å². The minimum atomic E-state index is -3.20. The van der Waals surface area contributed by atoms with E-state index in [1.54, 1.807) is 26.8 Å². The third-order valence-corrected chi connectivity index (χ3v) is 5.01. The Morgan fingerprint density at radius 3 is 2.57 bits per heavy atom. The molecule has 1 aromatic carbocycles. The standard InChI is InChI=1S/C19H27N3O7S/c1-19(2,3)29-18(25)21-13-11-28-15-7-6-12(10-14(15)22(4)17(13)24)16(23)20-8-9-30(5,26)27/h6-7,10,13H,8-9,11H2,1-5H3,(H,20,23)(H,21,25)/t13-/m0/s1. The van der Waals surface area contributed by atoms with Gasteiger partial charge in [0.1, 0.15) is 33.8 Å². The van der Waals surface area contributed by atoms with Gasteiger partial charge in [-0.05, 0) is 39.0 Å². The Balaban J connectivity index is 2.12. The van der Waals surface area contributed by atoms with Crippen molar-refractivity contribution in [3.05, 3.63) is 23.8 Å². The molecule has 1 atom stereocenters. The summed E-state index contributed by atoms with van der Waals surface area (Å²) in [6.07, 6.45) is 0.344. The van der Waals surface area contributed by atoms with Crippen LogP contribution >= 0.6 is 0 Å². The third kappa shape index (κ3) is 6.61. The molecule has 10 nitrogen and oxygen atoms in total. The van der Waals surface area contributed by atoms with Gasteiger partial charge in [-0.2, -0.15) is 0 Å². The van der Waals surface area contributed by atoms with E-state index in [-0.39, 0.29) is 24.5 Å². The summed E-state index contributed by atoms with van der Waals surface area (Å²) in [7, 11) is -1.69. The van der Waals surface area contributed by atoms with Gasteiger partial charge in [-0.1, -0.05) is 0 Å². The Morgan fingerprint density at radius 2 is 1.97 bits per heavy atom. The zero-order valence-corrected chi connectivity index (χ0v) is 18.5. The van der Waals surface area contributed by atoms with Crippen LogP contribution in [0.25, 0.3) is 0 Å². The lowest BCUT2D eigenvalue weighted by molar-refractivity contribution is -0.120. The maximum atomic E-state index is 12.8. The molecule has 0 fully saturated rings. The van der Waals surface area contributed by atoms with Crippen molar-refractivity contribution in [3.8, 4) is 5.75 Å². The maximum Gasteiger partial charge on any atom is 0.408 e. The number of nitrogens with one attached hydrogen (secondary N) is 2. The molecule has 0 aromatic heterocycles. The van der Waals surface area contributed by atoms with E-state index >= 15 is 0 Å². The summed E-state index contributed by atoms with van der Waals surface area (Å²) in [5, 5.41) is 5.02. The molecule has 2 rings (SSSR count). The van der Waals surface area contributed by atoms with Crippen LogP contribution in [0.4, 0.5) is 10.5 Å². The molecule has 0 radical (unpaired) electrons. The van der Waals surface area contributed by atoms with Gasteiger partial charge in [0, 0.05) is 25.4 Å². The molecule has 0 spiro atoms. The molecule has 0 saturated carbocycles. The molecule has 11 heteroatoms. The molecular formula is C19H27N3O7S. The van der Waals surface area contributed by atoms with Gasteiger partial charge in [-0.25, -0.2) is 13.2 Å². The minimum Gasteiger partial charge on any atom is -0.489 e. The monoisotopic (exact) mass is 441 g/mol. The van der Waals surface area contributed by atoms with Crippen LogP contribution in [-0.4, -0.2) is 70.2 Å². The van der Waals surface area contributed by atoms with Crippen molar-refractivity contribution in [2.24, 2.45) is 0 Å². The second kappa shape index (κ2) is 8.90. The maximum absolute atomic E-state index is 12.8. The summed E-state index contributed by atoms with van der Waals surface area (Å²) in [6, 6.07) is 3.55. The zero-order valence-electron chi connectivity index (χ0n) is 17.6. The molecule has 3 amide bonds. The Bertz CT molecular complexity index is 938. The molecule has 1 heterocycles. The van der Waals surface area contributed by atoms with Gasteiger partial charge in [0.25, 0.3) is 11.8 Å². The van der Waals surface area contributed by atoms with Gasteiger partial charge in [-0.15, -0.1) is 0 Å². The Labute approximate surface area is 175 Å². The highest BCUT2D eigenvalue weighted by Gasteiger charge is 2.32. The lowest BCUT2D eigenvalue weighted by Crippen LogP contribution is -2.50. The van der Waals surface area contributed by atoms with Crippen molar-refractivity contribution in [1.29, 1.82) is 0 Å². The van der Waals surface area contributed by atoms with Gasteiger partial charge in [-0.3, -0.25) is 9.59 Å². The lowest BCUT2D eigenvalue weighted by Gasteiger charge is -2.23. The van der Waals surface area contributed by atoms with Crippen LogP contribution in [0, 0.1) is 0 Å². The molecule has 30 heavy (non-hydrogen) atoms. The number of amides is 3. The van der Waals surface area contributed by atoms with Crippen LogP contribution in [0.5, 0.6) is 5.75 Å². The van der Waals surface area contributed by atoms with Crippen LogP contribution in [0.15, 0.2) is 18.2 Å². The van der Waals surface area contributed by atoms with Gasteiger partial charge in [0.15, 0.2) is 0 Å². The van der Waals surface area contributed by atoms with E-state index < -0.39 is 39.4 Å². The number of sulfone groups is 1. The fourth-order valence-electron chi connectivity index (χ4n) is 2.64. The van der Waals surface area contributed by atoms with Crippen LogP contribution in [-0.2, 0) is 19.4 Å². The van der Waals surface area contributed by atoms with Crippen LogP contribution in [0.3, 0.4) is 0 Å². The first-order chi connectivity index (χ1) is 13.8. The number of carbonyl (C=O) groups is 3. The number of hydrogen-bond acceptors (Lipinski definition) is 7. The average Bonchev–Trinajstić information content (AvgIpc) is 2.71. The number of nitrogens with zero attached hydrogens (tertiary/aromatic N) is 1. The highest BCUT2D eigenvalue weighted by molar-refractivity contribution is 7.90. The second-order valence-corrected chi connectivity index (χ2v) is 10.2. The molecule has 1 aromatic rings. The number of ether oxygens (including phenoxy) is 2. The van der Waals surface area contributed by atoms with E-state index in [0.29, 0.717) is 11.4 Å². The SMILES string of the molecule is CN1C(=O)[C@@H](NC(=O)OC(C)(C)C)COc2ccc(C(=O)NCCS(C)(=O)=O)cc21. The number of alkyl carbamates (subject to hydrolysis) is 1. The van der Waals surface area contributed by atoms with Gasteiger partial charge in [0.05, 0.1) is 11.4 Å². The van der Waals surface area contributed by atoms with E-state index in [2.05, 4.69) is 10.6 Å². The summed E-state index contributed by atoms with van der Waals surface area (Å²) in [5.74, 6) is -0.723. The highest BCUT2D eigenvalue weighted by atomic mass is 32.2. The van der Waals surface area contributed by atoms with Crippen LogP contribution in [0.1, 0.15) is 31.1 Å². The fourth-order valence-corrected chi connectivity index (χ4v) is 3.12. The summed E-state index contributed by atoms with van der Waals surface area (Å²) in [4.78, 5) is 38.4. The summed E-state index contributed by atoms with van der Waals surface area (Å²) in [6.45, 7) is 5.00. The molecule has 2 N–H and O–H groups in total. The fraction of sp³-hybridized carbons (Fsp3) is 0.526. The van der Waals surface area contributed by atoms with Crippen molar-refractivity contribution in [2.45, 2.75) is 32.4 Å². The number of fused-ring (bicyclic) bond motifs is 1. The van der Waals surface area contributed by atoms with Crippen LogP contribution < -0.4 is 20.3 Å². The number of carbonyl (C=O) groups excluding carboxylic acids is 3. The van der Waals surface area contributed by atoms with Crippen molar-refractivity contribution >= 4 is 33.4 Å². The molecule has 1 aliphatic rings. The molecule has 0 bridgehead atoms. The Hall–Kier alpha value is -2.82. The highest BCUT2D eigenvalue weighted by Crippen LogP contribution is 2.31. The largest absolute Gasteiger partial charge is 0.489 e. The van der Waals surface area contributed by atoms with Crippen molar-refractivity contribution < 1.29 is 32.3 Å². The van der Waals surface area contributed by atoms with Gasteiger partial charge < -0.3 is 25.0 Å². The lowest BCUT2D eigenvalue weighted by atomic mass is 10.1. The Morgan fingerprint density at radius 1 is 1.30 bits per heavy atom. The predicted octanol–water partition coefficient (Wildman–Crippen LogP) is 0.710. The molecular weight excluding hydrogens is 414 g/mol. The van der Waals surface area contributed by atoms with E-state index in [4.69, 9.17) is 9.47 Å². The van der Waals surface area contributed by atoms with E-state index in [0.717, 1.165) is 6.26 Å². The van der Waals surface area contributed by atoms with E-state index in [1.807, 2.05) is 0 Å². The number of anilines is 1. The molecule has 0 saturated heterocycles. The van der Waals surface area contributed by atoms with Crippen LogP contribution in [0.2, 0.25) is 0 Å². The normalized spacial score (nSPS) is 16.8. The van der Waals surface area contributed by atoms with Crippen molar-refractivity contribution in [2.75, 3.05) is 37.1 Å². The Kier molecular flexibility index (Phi) is 6.96. The molecule has 0 unspecified atom stereocenters. The quantitative estimate of drug-likeness (QED) is 0.688. The first-order valence-electron chi connectivity index (χ1n) is 9.27. The van der Waals surface area contributed by atoms with Crippen molar-refractivity contribution in [1.82, 2.24) is 10.6 Å². The number of hydrogen-bond donors (Lipinski definition) is 2. The van der Waals surface area contributed by atoms with Crippen molar-refractivity contribution in [3.63, 3.8) is 0 Å².